The van der Waals surface area contributed by atoms with Gasteiger partial charge in [-0.15, -0.1) is 0 Å². The Morgan fingerprint density at radius 2 is 2.00 bits per heavy atom. The SMILES string of the molecule is CC[C@H](C)NC(=O)Cn1nc(C(=O)N2CCCC2)ccc1=O. The number of carbonyl (C=O) groups is 2. The highest BCUT2D eigenvalue weighted by molar-refractivity contribution is 5.92. The Morgan fingerprint density at radius 3 is 2.64 bits per heavy atom. The van der Waals surface area contributed by atoms with Crippen molar-refractivity contribution in [1.29, 1.82) is 0 Å². The molecule has 2 heterocycles. The summed E-state index contributed by atoms with van der Waals surface area (Å²) >= 11 is 0. The van der Waals surface area contributed by atoms with Gasteiger partial charge in [0, 0.05) is 25.2 Å². The summed E-state index contributed by atoms with van der Waals surface area (Å²) in [6.45, 7) is 5.11. The molecule has 0 saturated carbocycles. The van der Waals surface area contributed by atoms with E-state index in [0.29, 0.717) is 13.1 Å². The van der Waals surface area contributed by atoms with Crippen LogP contribution in [0, 0.1) is 0 Å². The first-order chi connectivity index (χ1) is 10.5. The maximum Gasteiger partial charge on any atom is 0.274 e. The molecule has 7 nitrogen and oxygen atoms in total. The fraction of sp³-hybridized carbons (Fsp3) is 0.600. The van der Waals surface area contributed by atoms with E-state index in [1.807, 2.05) is 13.8 Å². The standard InChI is InChI=1S/C15H22N4O3/c1-3-11(2)16-13(20)10-19-14(21)7-6-12(17-19)15(22)18-8-4-5-9-18/h6-7,11H,3-5,8-10H2,1-2H3,(H,16,20)/t11-/m0/s1. The zero-order valence-corrected chi connectivity index (χ0v) is 13.0. The van der Waals surface area contributed by atoms with Crippen LogP contribution in [0.3, 0.4) is 0 Å². The number of amides is 2. The molecular formula is C15H22N4O3. The first-order valence-electron chi connectivity index (χ1n) is 7.68. The van der Waals surface area contributed by atoms with Crippen LogP contribution in [0.15, 0.2) is 16.9 Å². The van der Waals surface area contributed by atoms with Crippen molar-refractivity contribution in [2.45, 2.75) is 45.7 Å². The molecule has 1 aliphatic heterocycles. The number of nitrogens with zero attached hydrogens (tertiary/aromatic N) is 3. The molecule has 1 saturated heterocycles. The van der Waals surface area contributed by atoms with Gasteiger partial charge in [0.1, 0.15) is 12.2 Å². The summed E-state index contributed by atoms with van der Waals surface area (Å²) in [5, 5.41) is 6.82. The molecule has 1 fully saturated rings. The number of nitrogens with one attached hydrogen (secondary N) is 1. The van der Waals surface area contributed by atoms with E-state index in [4.69, 9.17) is 0 Å². The van der Waals surface area contributed by atoms with Crippen LogP contribution in [0.5, 0.6) is 0 Å². The van der Waals surface area contributed by atoms with Gasteiger partial charge in [-0.25, -0.2) is 4.68 Å². The number of aromatic nitrogens is 2. The average Bonchev–Trinajstić information content (AvgIpc) is 3.02. The van der Waals surface area contributed by atoms with Crippen LogP contribution in [-0.2, 0) is 11.3 Å². The van der Waals surface area contributed by atoms with E-state index >= 15 is 0 Å². The normalized spacial score (nSPS) is 15.6. The minimum absolute atomic E-state index is 0.0395. The van der Waals surface area contributed by atoms with E-state index < -0.39 is 5.56 Å². The lowest BCUT2D eigenvalue weighted by Gasteiger charge is -2.15. The summed E-state index contributed by atoms with van der Waals surface area (Å²) in [6.07, 6.45) is 2.78. The second kappa shape index (κ2) is 7.20. The Hall–Kier alpha value is -2.18. The van der Waals surface area contributed by atoms with Crippen LogP contribution in [0.1, 0.15) is 43.6 Å². The van der Waals surface area contributed by atoms with E-state index in [1.165, 1.54) is 12.1 Å². The van der Waals surface area contributed by atoms with Gasteiger partial charge < -0.3 is 10.2 Å². The largest absolute Gasteiger partial charge is 0.352 e. The van der Waals surface area contributed by atoms with Crippen LogP contribution in [-0.4, -0.2) is 45.6 Å². The zero-order chi connectivity index (χ0) is 16.1. The Balaban J connectivity index is 2.11. The van der Waals surface area contributed by atoms with Gasteiger partial charge in [0.15, 0.2) is 0 Å². The summed E-state index contributed by atoms with van der Waals surface area (Å²) in [5.41, 5.74) is -0.185. The van der Waals surface area contributed by atoms with E-state index in [9.17, 15) is 14.4 Å². The third-order valence-electron chi connectivity index (χ3n) is 3.79. The molecule has 120 valence electrons. The molecule has 0 bridgehead atoms. The summed E-state index contributed by atoms with van der Waals surface area (Å²) in [7, 11) is 0. The fourth-order valence-corrected chi connectivity index (χ4v) is 2.32. The van der Waals surface area contributed by atoms with E-state index in [-0.39, 0.29) is 30.1 Å². The minimum atomic E-state index is -0.391. The van der Waals surface area contributed by atoms with Gasteiger partial charge >= 0.3 is 0 Å². The molecule has 0 radical (unpaired) electrons. The maximum absolute atomic E-state index is 12.3. The average molecular weight is 306 g/mol. The summed E-state index contributed by atoms with van der Waals surface area (Å²) in [4.78, 5) is 37.7. The fourth-order valence-electron chi connectivity index (χ4n) is 2.32. The zero-order valence-electron chi connectivity index (χ0n) is 13.0. The predicted octanol–water partition coefficient (Wildman–Crippen LogP) is 0.394. The van der Waals surface area contributed by atoms with Gasteiger partial charge in [0.25, 0.3) is 11.5 Å². The lowest BCUT2D eigenvalue weighted by atomic mass is 10.2. The van der Waals surface area contributed by atoms with Crippen LogP contribution in [0.4, 0.5) is 0 Å². The molecule has 0 aliphatic carbocycles. The molecule has 22 heavy (non-hydrogen) atoms. The Kier molecular flexibility index (Phi) is 5.30. The van der Waals surface area contributed by atoms with Gasteiger partial charge in [0.05, 0.1) is 0 Å². The van der Waals surface area contributed by atoms with E-state index in [1.54, 1.807) is 4.90 Å². The molecule has 0 spiro atoms. The molecule has 1 aromatic heterocycles. The highest BCUT2D eigenvalue weighted by atomic mass is 16.2. The van der Waals surface area contributed by atoms with E-state index in [0.717, 1.165) is 23.9 Å². The number of likely N-dealkylation sites (tertiary alicyclic amines) is 1. The smallest absolute Gasteiger partial charge is 0.274 e. The quantitative estimate of drug-likeness (QED) is 0.853. The summed E-state index contributed by atoms with van der Waals surface area (Å²) in [6, 6.07) is 2.75. The lowest BCUT2D eigenvalue weighted by molar-refractivity contribution is -0.122. The molecule has 2 amide bonds. The highest BCUT2D eigenvalue weighted by Gasteiger charge is 2.21. The first kappa shape index (κ1) is 16.2. The Morgan fingerprint density at radius 1 is 1.32 bits per heavy atom. The predicted molar refractivity (Wildman–Crippen MR) is 81.5 cm³/mol. The van der Waals surface area contributed by atoms with E-state index in [2.05, 4.69) is 10.4 Å². The van der Waals surface area contributed by atoms with Crippen molar-refractivity contribution in [3.8, 4) is 0 Å². The van der Waals surface area contributed by atoms with Gasteiger partial charge in [-0.2, -0.15) is 5.10 Å². The molecule has 1 atom stereocenters. The van der Waals surface area contributed by atoms with Crippen molar-refractivity contribution >= 4 is 11.8 Å². The summed E-state index contributed by atoms with van der Waals surface area (Å²) < 4.78 is 1.04. The van der Waals surface area contributed by atoms with Crippen LogP contribution in [0.25, 0.3) is 0 Å². The number of hydrogen-bond donors (Lipinski definition) is 1. The molecule has 0 unspecified atom stereocenters. The Bertz CT molecular complexity index is 605. The van der Waals surface area contributed by atoms with Gasteiger partial charge in [-0.05, 0) is 32.3 Å². The van der Waals surface area contributed by atoms with Crippen LogP contribution >= 0.6 is 0 Å². The maximum atomic E-state index is 12.3. The topological polar surface area (TPSA) is 84.3 Å². The van der Waals surface area contributed by atoms with Crippen molar-refractivity contribution in [2.75, 3.05) is 13.1 Å². The van der Waals surface area contributed by atoms with Crippen LogP contribution in [0.2, 0.25) is 0 Å². The second-order valence-electron chi connectivity index (χ2n) is 5.59. The van der Waals surface area contributed by atoms with Crippen molar-refractivity contribution in [3.63, 3.8) is 0 Å². The van der Waals surface area contributed by atoms with Crippen LogP contribution < -0.4 is 10.9 Å². The molecular weight excluding hydrogens is 284 g/mol. The number of rotatable bonds is 5. The highest BCUT2D eigenvalue weighted by Crippen LogP contribution is 2.10. The van der Waals surface area contributed by atoms with Gasteiger partial charge in [0.2, 0.25) is 5.91 Å². The van der Waals surface area contributed by atoms with Crippen molar-refractivity contribution in [2.24, 2.45) is 0 Å². The third kappa shape index (κ3) is 3.93. The minimum Gasteiger partial charge on any atom is -0.352 e. The lowest BCUT2D eigenvalue weighted by Crippen LogP contribution is -2.38. The monoisotopic (exact) mass is 306 g/mol. The molecule has 0 aromatic carbocycles. The number of hydrogen-bond acceptors (Lipinski definition) is 4. The number of carbonyl (C=O) groups excluding carboxylic acids is 2. The first-order valence-corrected chi connectivity index (χ1v) is 7.68. The molecule has 1 aliphatic rings. The van der Waals surface area contributed by atoms with Gasteiger partial charge in [-0.3, -0.25) is 14.4 Å². The second-order valence-corrected chi connectivity index (χ2v) is 5.59. The summed E-state index contributed by atoms with van der Waals surface area (Å²) in [5.74, 6) is -0.469. The molecule has 1 aromatic rings. The third-order valence-corrected chi connectivity index (χ3v) is 3.79. The molecule has 7 heteroatoms. The van der Waals surface area contributed by atoms with Crippen molar-refractivity contribution in [1.82, 2.24) is 20.0 Å². The van der Waals surface area contributed by atoms with Crippen molar-refractivity contribution in [3.05, 3.63) is 28.2 Å². The van der Waals surface area contributed by atoms with Gasteiger partial charge in [-0.1, -0.05) is 6.92 Å². The molecule has 1 N–H and O–H groups in total. The Labute approximate surface area is 129 Å². The van der Waals surface area contributed by atoms with Crippen molar-refractivity contribution < 1.29 is 9.59 Å². The molecule has 2 rings (SSSR count).